The summed E-state index contributed by atoms with van der Waals surface area (Å²) in [6.45, 7) is 1.27. The second-order valence-corrected chi connectivity index (χ2v) is 7.62. The molecule has 10 nitrogen and oxygen atoms in total. The van der Waals surface area contributed by atoms with Crippen LogP contribution in [0.3, 0.4) is 0 Å². The summed E-state index contributed by atoms with van der Waals surface area (Å²) >= 11 is 0. The van der Waals surface area contributed by atoms with Gasteiger partial charge in [0.1, 0.15) is 11.6 Å². The van der Waals surface area contributed by atoms with Gasteiger partial charge in [0.15, 0.2) is 0 Å². The average Bonchev–Trinajstić information content (AvgIpc) is 3.56. The van der Waals surface area contributed by atoms with Crippen molar-refractivity contribution in [2.24, 2.45) is 0 Å². The van der Waals surface area contributed by atoms with Gasteiger partial charge in [-0.2, -0.15) is 0 Å². The Morgan fingerprint density at radius 3 is 2.41 bits per heavy atom. The monoisotopic (exact) mass is 437 g/mol. The molecule has 1 heterocycles. The molecule has 0 saturated heterocycles. The maximum absolute atomic E-state index is 12.9. The van der Waals surface area contributed by atoms with Crippen LogP contribution in [0.5, 0.6) is 0 Å². The lowest BCUT2D eigenvalue weighted by atomic mass is 10.1. The molecule has 1 fully saturated rings. The van der Waals surface area contributed by atoms with Crippen LogP contribution in [0.15, 0.2) is 48.5 Å². The molecule has 1 N–H and O–H groups in total. The van der Waals surface area contributed by atoms with Crippen LogP contribution >= 0.6 is 0 Å². The zero-order chi connectivity index (χ0) is 23.0. The molecule has 0 spiro atoms. The molecule has 4 rings (SSSR count). The summed E-state index contributed by atoms with van der Waals surface area (Å²) in [6, 6.07) is 10.7. The first-order valence-corrected chi connectivity index (χ1v) is 10.0. The standard InChI is InChI=1S/C22H19N3O7/c1-12(24-20(27)15-8-5-9-16(25(30)31)17(15)21(24)28)22(29)32-18(13-6-3-2-4-7-13)19(26)23-14-10-11-14/h2-9,12,14,18H,10-11H2,1H3,(H,23,26). The number of carbonyl (C=O) groups excluding carboxylic acids is 4. The Balaban J connectivity index is 1.57. The maximum Gasteiger partial charge on any atom is 0.330 e. The molecule has 3 amide bonds. The number of carbonyl (C=O) groups is 4. The minimum atomic E-state index is -1.40. The first kappa shape index (κ1) is 21.2. The number of rotatable bonds is 7. The Labute approximate surface area is 182 Å². The van der Waals surface area contributed by atoms with Crippen LogP contribution in [0.4, 0.5) is 5.69 Å². The van der Waals surface area contributed by atoms with Crippen LogP contribution in [0.2, 0.25) is 0 Å². The molecule has 2 aromatic carbocycles. The quantitative estimate of drug-likeness (QED) is 0.303. The average molecular weight is 437 g/mol. The molecule has 10 heteroatoms. The van der Waals surface area contributed by atoms with Crippen molar-refractivity contribution in [3.05, 3.63) is 75.3 Å². The minimum Gasteiger partial charge on any atom is -0.446 e. The van der Waals surface area contributed by atoms with E-state index in [0.29, 0.717) is 10.5 Å². The number of amides is 3. The fourth-order valence-electron chi connectivity index (χ4n) is 3.51. The fourth-order valence-corrected chi connectivity index (χ4v) is 3.51. The van der Waals surface area contributed by atoms with Crippen LogP contribution in [0.1, 0.15) is 52.1 Å². The summed E-state index contributed by atoms with van der Waals surface area (Å²) in [5, 5.41) is 14.1. The summed E-state index contributed by atoms with van der Waals surface area (Å²) in [5.74, 6) is -3.28. The van der Waals surface area contributed by atoms with Crippen molar-refractivity contribution >= 4 is 29.4 Å². The minimum absolute atomic E-state index is 0.0293. The summed E-state index contributed by atoms with van der Waals surface area (Å²) < 4.78 is 5.44. The number of imide groups is 1. The van der Waals surface area contributed by atoms with Gasteiger partial charge in [-0.25, -0.2) is 4.79 Å². The van der Waals surface area contributed by atoms with E-state index in [-0.39, 0.29) is 17.2 Å². The van der Waals surface area contributed by atoms with Gasteiger partial charge in [0.05, 0.1) is 10.5 Å². The number of nitro groups is 1. The van der Waals surface area contributed by atoms with Crippen LogP contribution in [0, 0.1) is 10.1 Å². The van der Waals surface area contributed by atoms with Crippen molar-refractivity contribution in [2.75, 3.05) is 0 Å². The number of esters is 1. The molecule has 1 saturated carbocycles. The van der Waals surface area contributed by atoms with Crippen molar-refractivity contribution < 1.29 is 28.8 Å². The number of nitrogens with one attached hydrogen (secondary N) is 1. The normalized spacial score (nSPS) is 16.8. The lowest BCUT2D eigenvalue weighted by Crippen LogP contribution is -2.45. The Bertz CT molecular complexity index is 1130. The van der Waals surface area contributed by atoms with Gasteiger partial charge in [-0.15, -0.1) is 0 Å². The lowest BCUT2D eigenvalue weighted by molar-refractivity contribution is -0.385. The Hall–Kier alpha value is -4.08. The van der Waals surface area contributed by atoms with Gasteiger partial charge >= 0.3 is 5.97 Å². The van der Waals surface area contributed by atoms with E-state index >= 15 is 0 Å². The van der Waals surface area contributed by atoms with E-state index in [1.54, 1.807) is 30.3 Å². The van der Waals surface area contributed by atoms with Crippen LogP contribution in [0.25, 0.3) is 0 Å². The first-order valence-electron chi connectivity index (χ1n) is 10.0. The molecular weight excluding hydrogens is 418 g/mol. The molecule has 32 heavy (non-hydrogen) atoms. The summed E-state index contributed by atoms with van der Waals surface area (Å²) in [4.78, 5) is 62.3. The second kappa shape index (κ2) is 8.22. The van der Waals surface area contributed by atoms with Crippen molar-refractivity contribution in [2.45, 2.75) is 38.0 Å². The molecule has 2 aliphatic rings. The van der Waals surface area contributed by atoms with E-state index in [1.807, 2.05) is 0 Å². The van der Waals surface area contributed by atoms with E-state index in [1.165, 1.54) is 19.1 Å². The highest BCUT2D eigenvalue weighted by atomic mass is 16.6. The molecule has 0 radical (unpaired) electrons. The van der Waals surface area contributed by atoms with Gasteiger partial charge in [-0.1, -0.05) is 36.4 Å². The first-order chi connectivity index (χ1) is 15.3. The predicted molar refractivity (Wildman–Crippen MR) is 109 cm³/mol. The fraction of sp³-hybridized carbons (Fsp3) is 0.273. The Morgan fingerprint density at radius 1 is 1.09 bits per heavy atom. The number of fused-ring (bicyclic) bond motifs is 1. The molecule has 2 aromatic rings. The smallest absolute Gasteiger partial charge is 0.330 e. The number of hydrogen-bond donors (Lipinski definition) is 1. The van der Waals surface area contributed by atoms with Crippen molar-refractivity contribution in [3.8, 4) is 0 Å². The largest absolute Gasteiger partial charge is 0.446 e. The maximum atomic E-state index is 12.9. The third kappa shape index (κ3) is 3.82. The lowest BCUT2D eigenvalue weighted by Gasteiger charge is -2.24. The van der Waals surface area contributed by atoms with Crippen molar-refractivity contribution in [1.29, 1.82) is 0 Å². The van der Waals surface area contributed by atoms with Crippen LogP contribution in [-0.4, -0.2) is 45.6 Å². The van der Waals surface area contributed by atoms with Gasteiger partial charge in [-0.3, -0.25) is 29.4 Å². The number of hydrogen-bond acceptors (Lipinski definition) is 7. The Kier molecular flexibility index (Phi) is 5.43. The summed E-state index contributed by atoms with van der Waals surface area (Å²) in [6.07, 6.45) is 0.410. The van der Waals surface area contributed by atoms with Gasteiger partial charge in [0, 0.05) is 17.7 Å². The summed E-state index contributed by atoms with van der Waals surface area (Å²) in [7, 11) is 0. The highest BCUT2D eigenvalue weighted by molar-refractivity contribution is 6.24. The Morgan fingerprint density at radius 2 is 1.78 bits per heavy atom. The number of nitro benzene ring substituents is 1. The van der Waals surface area contributed by atoms with E-state index in [9.17, 15) is 29.3 Å². The molecule has 2 unspecified atom stereocenters. The highest BCUT2D eigenvalue weighted by Crippen LogP contribution is 2.32. The molecule has 164 valence electrons. The van der Waals surface area contributed by atoms with Gasteiger partial charge in [0.2, 0.25) is 6.10 Å². The van der Waals surface area contributed by atoms with Gasteiger partial charge in [0.25, 0.3) is 23.4 Å². The molecule has 1 aliphatic heterocycles. The topological polar surface area (TPSA) is 136 Å². The molecule has 2 atom stereocenters. The summed E-state index contributed by atoms with van der Waals surface area (Å²) in [5.41, 5.74) is -0.609. The zero-order valence-corrected chi connectivity index (χ0v) is 17.0. The molecule has 0 aromatic heterocycles. The third-order valence-corrected chi connectivity index (χ3v) is 5.35. The SMILES string of the molecule is CC(C(=O)OC(C(=O)NC1CC1)c1ccccc1)N1C(=O)c2cccc([N+](=O)[O-])c2C1=O. The molecular formula is C22H19N3O7. The van der Waals surface area contributed by atoms with Gasteiger partial charge in [-0.05, 0) is 25.8 Å². The highest BCUT2D eigenvalue weighted by Gasteiger charge is 2.46. The number of nitrogens with zero attached hydrogens (tertiary/aromatic N) is 2. The van der Waals surface area contributed by atoms with E-state index in [0.717, 1.165) is 18.9 Å². The molecule has 0 bridgehead atoms. The van der Waals surface area contributed by atoms with E-state index < -0.39 is 46.4 Å². The molecule has 1 aliphatic carbocycles. The van der Waals surface area contributed by atoms with E-state index in [4.69, 9.17) is 4.74 Å². The predicted octanol–water partition coefficient (Wildman–Crippen LogP) is 2.14. The van der Waals surface area contributed by atoms with Crippen molar-refractivity contribution in [1.82, 2.24) is 10.2 Å². The van der Waals surface area contributed by atoms with Crippen LogP contribution < -0.4 is 5.32 Å². The third-order valence-electron chi connectivity index (χ3n) is 5.35. The second-order valence-electron chi connectivity index (χ2n) is 7.62. The zero-order valence-electron chi connectivity index (χ0n) is 17.0. The number of ether oxygens (including phenoxy) is 1. The van der Waals surface area contributed by atoms with Gasteiger partial charge < -0.3 is 10.1 Å². The van der Waals surface area contributed by atoms with Crippen LogP contribution in [-0.2, 0) is 14.3 Å². The van der Waals surface area contributed by atoms with Crippen molar-refractivity contribution in [3.63, 3.8) is 0 Å². The number of benzene rings is 2. The van der Waals surface area contributed by atoms with E-state index in [2.05, 4.69) is 5.32 Å².